The van der Waals surface area contributed by atoms with Crippen molar-refractivity contribution in [1.82, 2.24) is 0 Å². The molecule has 13 heteroatoms. The molecule has 1 aliphatic heterocycles. The third-order valence-electron chi connectivity index (χ3n) is 5.48. The van der Waals surface area contributed by atoms with Gasteiger partial charge in [-0.05, 0) is 25.1 Å². The molecule has 5 atom stereocenters. The number of carbonyl (C=O) groups is 1. The standard InChI is InChI=1S/C23H22O13/c1-2-33-22(32)21-17(30)16(29)18(31)23(36-21)35-20-15(28)14-12(27)6-9(24)7-13(14)34-19(20)8-3-4-10(25)11(26)5-8/h3-7,16-18,21,23-27,29-31H,2H2,1H3/t16-,17+,18+,21-,23+/m0/s1. The second-order valence-electron chi connectivity index (χ2n) is 7.90. The summed E-state index contributed by atoms with van der Waals surface area (Å²) in [7, 11) is 0. The largest absolute Gasteiger partial charge is 0.508 e. The molecule has 3 aromatic rings. The first-order valence-corrected chi connectivity index (χ1v) is 10.6. The average Bonchev–Trinajstić information content (AvgIpc) is 2.82. The third kappa shape index (κ3) is 4.35. The van der Waals surface area contributed by atoms with Crippen LogP contribution < -0.4 is 10.2 Å². The topological polar surface area (TPSA) is 217 Å². The van der Waals surface area contributed by atoms with Crippen molar-refractivity contribution in [2.45, 2.75) is 37.6 Å². The molecule has 0 unspecified atom stereocenters. The minimum absolute atomic E-state index is 0.0186. The van der Waals surface area contributed by atoms with E-state index < -0.39 is 82.0 Å². The van der Waals surface area contributed by atoms with Crippen molar-refractivity contribution in [2.24, 2.45) is 0 Å². The Labute approximate surface area is 201 Å². The second-order valence-corrected chi connectivity index (χ2v) is 7.90. The van der Waals surface area contributed by atoms with Gasteiger partial charge >= 0.3 is 5.97 Å². The molecule has 1 aliphatic rings. The highest BCUT2D eigenvalue weighted by Gasteiger charge is 2.49. The number of hydrogen-bond donors (Lipinski definition) is 7. The maximum absolute atomic E-state index is 13.4. The molecule has 7 N–H and O–H groups in total. The summed E-state index contributed by atoms with van der Waals surface area (Å²) in [6, 6.07) is 5.26. The zero-order chi connectivity index (χ0) is 26.3. The van der Waals surface area contributed by atoms with Crippen molar-refractivity contribution in [2.75, 3.05) is 6.61 Å². The van der Waals surface area contributed by atoms with E-state index in [1.165, 1.54) is 13.0 Å². The number of phenols is 4. The first kappa shape index (κ1) is 25.1. The predicted octanol–water partition coefficient (Wildman–Crippen LogP) is 0.0319. The monoisotopic (exact) mass is 506 g/mol. The van der Waals surface area contributed by atoms with Crippen LogP contribution in [0.4, 0.5) is 0 Å². The number of carbonyl (C=O) groups excluding carboxylic acids is 1. The van der Waals surface area contributed by atoms with E-state index in [1.54, 1.807) is 0 Å². The lowest BCUT2D eigenvalue weighted by Gasteiger charge is -2.38. The zero-order valence-electron chi connectivity index (χ0n) is 18.6. The Bertz CT molecular complexity index is 1360. The molecule has 4 rings (SSSR count). The van der Waals surface area contributed by atoms with E-state index in [2.05, 4.69) is 0 Å². The van der Waals surface area contributed by atoms with Crippen LogP contribution in [0.5, 0.6) is 28.7 Å². The van der Waals surface area contributed by atoms with Gasteiger partial charge in [0, 0.05) is 17.7 Å². The molecule has 0 bridgehead atoms. The molecule has 0 radical (unpaired) electrons. The second kappa shape index (κ2) is 9.54. The van der Waals surface area contributed by atoms with Crippen LogP contribution in [0.15, 0.2) is 39.5 Å². The molecule has 192 valence electrons. The van der Waals surface area contributed by atoms with E-state index in [9.17, 15) is 45.3 Å². The lowest BCUT2D eigenvalue weighted by Crippen LogP contribution is -2.61. The average molecular weight is 506 g/mol. The summed E-state index contributed by atoms with van der Waals surface area (Å²) in [5.74, 6) is -4.33. The van der Waals surface area contributed by atoms with E-state index in [4.69, 9.17) is 18.6 Å². The fourth-order valence-electron chi connectivity index (χ4n) is 3.71. The molecule has 1 saturated heterocycles. The normalized spacial score (nSPS) is 23.9. The Morgan fingerprint density at radius 1 is 0.944 bits per heavy atom. The minimum Gasteiger partial charge on any atom is -0.508 e. The maximum atomic E-state index is 13.4. The Kier molecular flexibility index (Phi) is 6.65. The lowest BCUT2D eigenvalue weighted by molar-refractivity contribution is -0.272. The van der Waals surface area contributed by atoms with Gasteiger partial charge in [0.2, 0.25) is 17.5 Å². The first-order valence-electron chi connectivity index (χ1n) is 10.6. The minimum atomic E-state index is -1.96. The third-order valence-corrected chi connectivity index (χ3v) is 5.48. The Hall–Kier alpha value is -4.04. The zero-order valence-corrected chi connectivity index (χ0v) is 18.6. The summed E-state index contributed by atoms with van der Waals surface area (Å²) < 4.78 is 21.3. The molecular formula is C23H22O13. The molecule has 2 aromatic carbocycles. The summed E-state index contributed by atoms with van der Waals surface area (Å²) in [5, 5.41) is 70.0. The number of aliphatic hydroxyl groups excluding tert-OH is 3. The van der Waals surface area contributed by atoms with E-state index in [-0.39, 0.29) is 17.8 Å². The molecule has 0 aliphatic carbocycles. The van der Waals surface area contributed by atoms with Gasteiger partial charge in [-0.25, -0.2) is 4.79 Å². The molecule has 13 nitrogen and oxygen atoms in total. The Morgan fingerprint density at radius 2 is 1.67 bits per heavy atom. The van der Waals surface area contributed by atoms with Crippen molar-refractivity contribution in [3.05, 3.63) is 40.6 Å². The van der Waals surface area contributed by atoms with E-state index in [1.807, 2.05) is 0 Å². The fourth-order valence-corrected chi connectivity index (χ4v) is 3.71. The van der Waals surface area contributed by atoms with Crippen LogP contribution in [0.2, 0.25) is 0 Å². The lowest BCUT2D eigenvalue weighted by atomic mass is 9.99. The van der Waals surface area contributed by atoms with Gasteiger partial charge in [-0.3, -0.25) is 4.79 Å². The van der Waals surface area contributed by atoms with Gasteiger partial charge in [-0.15, -0.1) is 0 Å². The smallest absolute Gasteiger partial charge is 0.338 e. The summed E-state index contributed by atoms with van der Waals surface area (Å²) in [4.78, 5) is 25.6. The van der Waals surface area contributed by atoms with Crippen molar-refractivity contribution < 1.29 is 59.2 Å². The molecule has 2 heterocycles. The van der Waals surface area contributed by atoms with Crippen LogP contribution in [0.3, 0.4) is 0 Å². The number of phenolic OH excluding ortho intramolecular Hbond substituents is 4. The molecule has 0 spiro atoms. The summed E-state index contributed by atoms with van der Waals surface area (Å²) in [6.45, 7) is 1.42. The van der Waals surface area contributed by atoms with E-state index >= 15 is 0 Å². The van der Waals surface area contributed by atoms with Gasteiger partial charge in [-0.2, -0.15) is 0 Å². The van der Waals surface area contributed by atoms with Gasteiger partial charge in [0.25, 0.3) is 0 Å². The van der Waals surface area contributed by atoms with Gasteiger partial charge in [0.05, 0.1) is 6.61 Å². The number of benzene rings is 2. The summed E-state index contributed by atoms with van der Waals surface area (Å²) in [5.41, 5.74) is -1.31. The molecular weight excluding hydrogens is 484 g/mol. The van der Waals surface area contributed by atoms with Gasteiger partial charge in [0.1, 0.15) is 40.8 Å². The van der Waals surface area contributed by atoms with Crippen LogP contribution in [-0.2, 0) is 14.3 Å². The maximum Gasteiger partial charge on any atom is 0.338 e. The molecule has 0 amide bonds. The van der Waals surface area contributed by atoms with Gasteiger partial charge in [-0.1, -0.05) is 0 Å². The number of hydrogen-bond acceptors (Lipinski definition) is 13. The molecule has 1 fully saturated rings. The Morgan fingerprint density at radius 3 is 2.33 bits per heavy atom. The van der Waals surface area contributed by atoms with Crippen molar-refractivity contribution in [3.63, 3.8) is 0 Å². The first-order chi connectivity index (χ1) is 17.0. The summed E-state index contributed by atoms with van der Waals surface area (Å²) >= 11 is 0. The number of ether oxygens (including phenoxy) is 3. The van der Waals surface area contributed by atoms with Crippen LogP contribution in [0.25, 0.3) is 22.3 Å². The van der Waals surface area contributed by atoms with Crippen LogP contribution in [0, 0.1) is 0 Å². The number of aromatic hydroxyl groups is 4. The number of esters is 1. The molecule has 1 aromatic heterocycles. The van der Waals surface area contributed by atoms with E-state index in [0.717, 1.165) is 24.3 Å². The Balaban J connectivity index is 1.87. The highest BCUT2D eigenvalue weighted by molar-refractivity contribution is 5.88. The number of aliphatic hydroxyl groups is 3. The van der Waals surface area contributed by atoms with Gasteiger partial charge in [0.15, 0.2) is 23.4 Å². The van der Waals surface area contributed by atoms with Crippen LogP contribution in [0.1, 0.15) is 6.92 Å². The van der Waals surface area contributed by atoms with Crippen molar-refractivity contribution >= 4 is 16.9 Å². The van der Waals surface area contributed by atoms with Crippen LogP contribution in [-0.4, -0.2) is 79.0 Å². The van der Waals surface area contributed by atoms with Crippen LogP contribution >= 0.6 is 0 Å². The SMILES string of the molecule is CCOC(=O)[C@H]1O[C@@H](Oc2c(-c3ccc(O)c(O)c3)oc3cc(O)cc(O)c3c2=O)[C@H](O)[C@@H](O)[C@H]1O. The molecule has 0 saturated carbocycles. The highest BCUT2D eigenvalue weighted by atomic mass is 16.7. The molecule has 36 heavy (non-hydrogen) atoms. The quantitative estimate of drug-likeness (QED) is 0.180. The van der Waals surface area contributed by atoms with Crippen molar-refractivity contribution in [3.8, 4) is 40.1 Å². The van der Waals surface area contributed by atoms with Gasteiger partial charge < -0.3 is 54.4 Å². The van der Waals surface area contributed by atoms with E-state index in [0.29, 0.717) is 0 Å². The van der Waals surface area contributed by atoms with Crippen molar-refractivity contribution in [1.29, 1.82) is 0 Å². The number of fused-ring (bicyclic) bond motifs is 1. The number of rotatable bonds is 5. The summed E-state index contributed by atoms with van der Waals surface area (Å²) in [6.07, 6.45) is -9.49. The predicted molar refractivity (Wildman–Crippen MR) is 119 cm³/mol. The fraction of sp³-hybridized carbons (Fsp3) is 0.304. The highest BCUT2D eigenvalue weighted by Crippen LogP contribution is 2.39.